The molecule has 2 aromatic rings. The van der Waals surface area contributed by atoms with E-state index in [1.54, 1.807) is 12.1 Å². The van der Waals surface area contributed by atoms with E-state index in [9.17, 15) is 19.7 Å². The highest BCUT2D eigenvalue weighted by molar-refractivity contribution is 5.97. The molecule has 0 saturated heterocycles. The zero-order chi connectivity index (χ0) is 20.3. The molecular formula is C20H21N3O4. The van der Waals surface area contributed by atoms with Gasteiger partial charge in [0.15, 0.2) is 5.78 Å². The van der Waals surface area contributed by atoms with Gasteiger partial charge in [-0.25, -0.2) is 0 Å². The van der Waals surface area contributed by atoms with Crippen molar-refractivity contribution in [1.82, 2.24) is 4.57 Å². The van der Waals surface area contributed by atoms with E-state index < -0.39 is 16.2 Å². The van der Waals surface area contributed by atoms with E-state index in [4.69, 9.17) is 5.26 Å². The summed E-state index contributed by atoms with van der Waals surface area (Å²) < 4.78 is 0.930. The van der Waals surface area contributed by atoms with Crippen molar-refractivity contribution in [2.45, 2.75) is 46.1 Å². The van der Waals surface area contributed by atoms with Gasteiger partial charge < -0.3 is 0 Å². The third-order valence-electron chi connectivity index (χ3n) is 4.38. The Hall–Kier alpha value is -3.27. The number of Topliss-reactive ketones (excluding diaryl/α,β-unsaturated/α-hetero) is 1. The van der Waals surface area contributed by atoms with Crippen molar-refractivity contribution >= 4 is 11.5 Å². The quantitative estimate of drug-likeness (QED) is 0.439. The van der Waals surface area contributed by atoms with Crippen LogP contribution in [0.1, 0.15) is 66.6 Å². The van der Waals surface area contributed by atoms with Gasteiger partial charge in [-0.15, -0.1) is 0 Å². The van der Waals surface area contributed by atoms with Gasteiger partial charge in [0.1, 0.15) is 11.6 Å². The first-order valence-corrected chi connectivity index (χ1v) is 8.61. The lowest BCUT2D eigenvalue weighted by atomic mass is 9.90. The molecule has 0 atom stereocenters. The number of aromatic nitrogens is 1. The highest BCUT2D eigenvalue weighted by Gasteiger charge is 2.19. The standard InChI is InChI=1S/C20H21N3O4/c1-12(2)14-5-6-17(18(8-14)13(3)4)19(24)11-22-10-16(23(26)27)7-15(9-21)20(22)25/h5-8,10,12-13H,11H2,1-4H3. The minimum absolute atomic E-state index is 0.0964. The Labute approximate surface area is 157 Å². The Bertz CT molecular complexity index is 997. The van der Waals surface area contributed by atoms with E-state index in [-0.39, 0.29) is 23.8 Å². The van der Waals surface area contributed by atoms with Crippen LogP contribution in [-0.4, -0.2) is 15.3 Å². The molecule has 2 rings (SSSR count). The number of hydrogen-bond acceptors (Lipinski definition) is 5. The van der Waals surface area contributed by atoms with E-state index in [0.29, 0.717) is 11.5 Å². The Morgan fingerprint density at radius 3 is 2.41 bits per heavy atom. The maximum absolute atomic E-state index is 12.8. The molecule has 1 heterocycles. The van der Waals surface area contributed by atoms with Gasteiger partial charge in [0, 0.05) is 11.6 Å². The third-order valence-corrected chi connectivity index (χ3v) is 4.38. The fourth-order valence-corrected chi connectivity index (χ4v) is 2.83. The Morgan fingerprint density at radius 2 is 1.89 bits per heavy atom. The molecule has 27 heavy (non-hydrogen) atoms. The predicted molar refractivity (Wildman–Crippen MR) is 101 cm³/mol. The SMILES string of the molecule is CC(C)c1ccc(C(=O)Cn2cc([N+](=O)[O-])cc(C#N)c2=O)c(C(C)C)c1. The summed E-state index contributed by atoms with van der Waals surface area (Å²) >= 11 is 0. The average Bonchev–Trinajstić information content (AvgIpc) is 2.62. The molecule has 0 aliphatic rings. The summed E-state index contributed by atoms with van der Waals surface area (Å²) in [7, 11) is 0. The summed E-state index contributed by atoms with van der Waals surface area (Å²) in [6.45, 7) is 7.71. The predicted octanol–water partition coefficient (Wildman–Crippen LogP) is 3.76. The summed E-state index contributed by atoms with van der Waals surface area (Å²) in [5.41, 5.74) is 0.960. The maximum atomic E-state index is 12.8. The van der Waals surface area contributed by atoms with Gasteiger partial charge >= 0.3 is 0 Å². The van der Waals surface area contributed by atoms with Crippen LogP contribution in [0.25, 0.3) is 0 Å². The molecule has 7 heteroatoms. The molecule has 0 radical (unpaired) electrons. The second kappa shape index (κ2) is 7.96. The van der Waals surface area contributed by atoms with Gasteiger partial charge in [0.05, 0.1) is 17.7 Å². The number of pyridine rings is 1. The van der Waals surface area contributed by atoms with Gasteiger partial charge in [-0.1, -0.05) is 45.9 Å². The number of ketones is 1. The smallest absolute Gasteiger partial charge is 0.287 e. The van der Waals surface area contributed by atoms with Gasteiger partial charge in [-0.2, -0.15) is 5.26 Å². The van der Waals surface area contributed by atoms with E-state index in [1.807, 2.05) is 26.0 Å². The number of hydrogen-bond donors (Lipinski definition) is 0. The van der Waals surface area contributed by atoms with Crippen molar-refractivity contribution in [3.63, 3.8) is 0 Å². The lowest BCUT2D eigenvalue weighted by Gasteiger charge is -2.16. The maximum Gasteiger partial charge on any atom is 0.287 e. The zero-order valence-electron chi connectivity index (χ0n) is 15.7. The van der Waals surface area contributed by atoms with Crippen LogP contribution in [0.2, 0.25) is 0 Å². The molecular weight excluding hydrogens is 346 g/mol. The molecule has 0 fully saturated rings. The number of benzene rings is 1. The second-order valence-corrected chi connectivity index (χ2v) is 6.99. The molecule has 0 N–H and O–H groups in total. The number of nitriles is 1. The van der Waals surface area contributed by atoms with Crippen LogP contribution < -0.4 is 5.56 Å². The minimum atomic E-state index is -0.721. The molecule has 0 spiro atoms. The van der Waals surface area contributed by atoms with Crippen molar-refractivity contribution in [1.29, 1.82) is 5.26 Å². The molecule has 140 valence electrons. The van der Waals surface area contributed by atoms with Crippen LogP contribution in [0.4, 0.5) is 5.69 Å². The van der Waals surface area contributed by atoms with Crippen molar-refractivity contribution < 1.29 is 9.72 Å². The normalized spacial score (nSPS) is 10.9. The Balaban J connectivity index is 2.50. The number of nitro groups is 1. The fourth-order valence-electron chi connectivity index (χ4n) is 2.83. The zero-order valence-corrected chi connectivity index (χ0v) is 15.7. The topological polar surface area (TPSA) is 106 Å². The summed E-state index contributed by atoms with van der Waals surface area (Å²) in [6, 6.07) is 8.16. The van der Waals surface area contributed by atoms with Gasteiger partial charge in [-0.3, -0.25) is 24.3 Å². The average molecular weight is 367 g/mol. The molecule has 0 unspecified atom stereocenters. The molecule has 0 aliphatic heterocycles. The number of rotatable bonds is 6. The number of nitrogens with zero attached hydrogens (tertiary/aromatic N) is 3. The van der Waals surface area contributed by atoms with E-state index in [2.05, 4.69) is 13.8 Å². The molecule has 7 nitrogen and oxygen atoms in total. The van der Waals surface area contributed by atoms with E-state index in [1.165, 1.54) is 0 Å². The summed E-state index contributed by atoms with van der Waals surface area (Å²) in [6.07, 6.45) is 0.999. The Kier molecular flexibility index (Phi) is 5.91. The largest absolute Gasteiger partial charge is 0.300 e. The first-order chi connectivity index (χ1) is 12.6. The van der Waals surface area contributed by atoms with Gasteiger partial charge in [0.2, 0.25) is 0 Å². The first kappa shape index (κ1) is 20.0. The van der Waals surface area contributed by atoms with Crippen LogP contribution in [0.5, 0.6) is 0 Å². The van der Waals surface area contributed by atoms with Crippen LogP contribution in [0, 0.1) is 21.4 Å². The summed E-state index contributed by atoms with van der Waals surface area (Å²) in [5, 5.41) is 20.1. The van der Waals surface area contributed by atoms with E-state index >= 15 is 0 Å². The molecule has 1 aromatic heterocycles. The van der Waals surface area contributed by atoms with Gasteiger partial charge in [-0.05, 0) is 23.0 Å². The van der Waals surface area contributed by atoms with Crippen molar-refractivity contribution in [2.75, 3.05) is 0 Å². The van der Waals surface area contributed by atoms with Crippen LogP contribution >= 0.6 is 0 Å². The Morgan fingerprint density at radius 1 is 1.22 bits per heavy atom. The van der Waals surface area contributed by atoms with Crippen LogP contribution in [-0.2, 0) is 6.54 Å². The molecule has 0 saturated carbocycles. The molecule has 0 amide bonds. The van der Waals surface area contributed by atoms with Crippen molar-refractivity contribution in [3.8, 4) is 6.07 Å². The summed E-state index contributed by atoms with van der Waals surface area (Å²) in [5.74, 6) is 0.0730. The van der Waals surface area contributed by atoms with Crippen LogP contribution in [0.3, 0.4) is 0 Å². The van der Waals surface area contributed by atoms with E-state index in [0.717, 1.165) is 28.0 Å². The fraction of sp³-hybridized carbons (Fsp3) is 0.350. The van der Waals surface area contributed by atoms with Gasteiger partial charge in [0.25, 0.3) is 11.2 Å². The minimum Gasteiger partial charge on any atom is -0.300 e. The second-order valence-electron chi connectivity index (χ2n) is 6.99. The monoisotopic (exact) mass is 367 g/mol. The van der Waals surface area contributed by atoms with Crippen molar-refractivity contribution in [2.24, 2.45) is 0 Å². The lowest BCUT2D eigenvalue weighted by molar-refractivity contribution is -0.385. The molecule has 0 aliphatic carbocycles. The summed E-state index contributed by atoms with van der Waals surface area (Å²) in [4.78, 5) is 35.4. The lowest BCUT2D eigenvalue weighted by Crippen LogP contribution is -2.26. The van der Waals surface area contributed by atoms with Crippen LogP contribution in [0.15, 0.2) is 35.3 Å². The first-order valence-electron chi connectivity index (χ1n) is 8.61. The molecule has 0 bridgehead atoms. The number of carbonyl (C=O) groups is 1. The third kappa shape index (κ3) is 4.29. The molecule has 1 aromatic carbocycles. The van der Waals surface area contributed by atoms with Crippen molar-refractivity contribution in [3.05, 3.63) is 73.2 Å². The highest BCUT2D eigenvalue weighted by atomic mass is 16.6. The number of carbonyl (C=O) groups excluding carboxylic acids is 1. The highest BCUT2D eigenvalue weighted by Crippen LogP contribution is 2.25.